The van der Waals surface area contributed by atoms with Crippen LogP contribution in [0.5, 0.6) is 0 Å². The number of hydrogen-bond acceptors (Lipinski definition) is 4. The maximum absolute atomic E-state index is 5.65. The van der Waals surface area contributed by atoms with E-state index in [-0.39, 0.29) is 0 Å². The number of nitrogens with zero attached hydrogens (tertiary/aromatic N) is 2. The van der Waals surface area contributed by atoms with Gasteiger partial charge in [-0.1, -0.05) is 0 Å². The highest BCUT2D eigenvalue weighted by Crippen LogP contribution is 2.38. The highest BCUT2D eigenvalue weighted by Gasteiger charge is 2.48. The topological polar surface area (TPSA) is 15.7 Å². The molecule has 0 aliphatic carbocycles. The molecular formula is C16H26N2OS. The highest BCUT2D eigenvalue weighted by molar-refractivity contribution is 7.07. The van der Waals surface area contributed by atoms with Gasteiger partial charge in [-0.25, -0.2) is 0 Å². The van der Waals surface area contributed by atoms with Crippen molar-refractivity contribution < 1.29 is 4.74 Å². The van der Waals surface area contributed by atoms with Gasteiger partial charge >= 0.3 is 0 Å². The number of likely N-dealkylation sites (tertiary alicyclic amines) is 2. The van der Waals surface area contributed by atoms with Gasteiger partial charge in [0.25, 0.3) is 0 Å². The Labute approximate surface area is 126 Å². The van der Waals surface area contributed by atoms with Crippen LogP contribution in [-0.4, -0.2) is 55.2 Å². The van der Waals surface area contributed by atoms with Gasteiger partial charge in [-0.2, -0.15) is 11.3 Å². The zero-order chi connectivity index (χ0) is 14.0. The molecule has 3 rings (SSSR count). The first-order valence-corrected chi connectivity index (χ1v) is 8.68. The summed E-state index contributed by atoms with van der Waals surface area (Å²) in [6, 6.07) is 2.25. The summed E-state index contributed by atoms with van der Waals surface area (Å²) in [5, 5.41) is 4.45. The van der Waals surface area contributed by atoms with Gasteiger partial charge in [0.2, 0.25) is 0 Å². The third-order valence-corrected chi connectivity index (χ3v) is 5.66. The molecule has 20 heavy (non-hydrogen) atoms. The van der Waals surface area contributed by atoms with Crippen molar-refractivity contribution in [2.45, 2.75) is 31.8 Å². The molecule has 2 saturated heterocycles. The summed E-state index contributed by atoms with van der Waals surface area (Å²) in [5.41, 5.74) is 1.89. The van der Waals surface area contributed by atoms with Crippen LogP contribution in [0.4, 0.5) is 0 Å². The molecule has 112 valence electrons. The van der Waals surface area contributed by atoms with Crippen molar-refractivity contribution in [3.8, 4) is 0 Å². The van der Waals surface area contributed by atoms with Crippen molar-refractivity contribution in [1.82, 2.24) is 9.80 Å². The average molecular weight is 294 g/mol. The van der Waals surface area contributed by atoms with Crippen LogP contribution < -0.4 is 0 Å². The monoisotopic (exact) mass is 294 g/mol. The molecule has 2 aliphatic heterocycles. The Bertz CT molecular complexity index is 412. The Hall–Kier alpha value is -0.420. The van der Waals surface area contributed by atoms with E-state index in [4.69, 9.17) is 4.74 Å². The van der Waals surface area contributed by atoms with E-state index in [1.807, 2.05) is 0 Å². The second-order valence-corrected chi connectivity index (χ2v) is 7.22. The Morgan fingerprint density at radius 2 is 2.30 bits per heavy atom. The lowest BCUT2D eigenvalue weighted by atomic mass is 9.75. The van der Waals surface area contributed by atoms with Crippen LogP contribution in [0.3, 0.4) is 0 Å². The Kier molecular flexibility index (Phi) is 4.46. The maximum atomic E-state index is 5.65. The van der Waals surface area contributed by atoms with Crippen LogP contribution in [0.1, 0.15) is 25.3 Å². The van der Waals surface area contributed by atoms with E-state index in [0.29, 0.717) is 5.54 Å². The lowest BCUT2D eigenvalue weighted by molar-refractivity contribution is -0.0922. The van der Waals surface area contributed by atoms with E-state index in [1.54, 1.807) is 11.3 Å². The largest absolute Gasteiger partial charge is 0.381 e. The molecule has 2 aliphatic rings. The van der Waals surface area contributed by atoms with Crippen LogP contribution in [-0.2, 0) is 11.3 Å². The first-order valence-electron chi connectivity index (χ1n) is 7.74. The Morgan fingerprint density at radius 3 is 3.00 bits per heavy atom. The van der Waals surface area contributed by atoms with E-state index < -0.39 is 0 Å². The number of piperidine rings is 1. The summed E-state index contributed by atoms with van der Waals surface area (Å²) in [6.07, 6.45) is 2.60. The summed E-state index contributed by atoms with van der Waals surface area (Å²) < 4.78 is 5.65. The molecule has 3 nitrogen and oxygen atoms in total. The summed E-state index contributed by atoms with van der Waals surface area (Å²) >= 11 is 1.80. The molecule has 0 N–H and O–H groups in total. The molecule has 0 amide bonds. The molecular weight excluding hydrogens is 268 g/mol. The van der Waals surface area contributed by atoms with E-state index >= 15 is 0 Å². The third-order valence-electron chi connectivity index (χ3n) is 4.93. The highest BCUT2D eigenvalue weighted by atomic mass is 32.1. The second-order valence-electron chi connectivity index (χ2n) is 6.44. The van der Waals surface area contributed by atoms with Crippen molar-refractivity contribution >= 4 is 11.3 Å². The number of likely N-dealkylation sites (N-methyl/N-ethyl adjacent to an activating group) is 1. The van der Waals surface area contributed by atoms with Crippen LogP contribution in [0.15, 0.2) is 16.8 Å². The summed E-state index contributed by atoms with van der Waals surface area (Å²) in [4.78, 5) is 5.18. The van der Waals surface area contributed by atoms with Gasteiger partial charge in [-0.3, -0.25) is 9.80 Å². The minimum atomic E-state index is 0.427. The van der Waals surface area contributed by atoms with Gasteiger partial charge in [0.1, 0.15) is 0 Å². The van der Waals surface area contributed by atoms with Crippen LogP contribution in [0.25, 0.3) is 0 Å². The molecule has 0 radical (unpaired) electrons. The van der Waals surface area contributed by atoms with E-state index in [1.165, 1.54) is 38.0 Å². The van der Waals surface area contributed by atoms with E-state index in [0.717, 1.165) is 25.7 Å². The van der Waals surface area contributed by atoms with Gasteiger partial charge in [-0.05, 0) is 61.7 Å². The van der Waals surface area contributed by atoms with Gasteiger partial charge in [0, 0.05) is 38.4 Å². The number of hydrogen-bond donors (Lipinski definition) is 0. The third kappa shape index (κ3) is 2.93. The first-order chi connectivity index (χ1) is 9.72. The predicted octanol–water partition coefficient (Wildman–Crippen LogP) is 2.68. The summed E-state index contributed by atoms with van der Waals surface area (Å²) in [5.74, 6) is 0.759. The van der Waals surface area contributed by atoms with Crippen molar-refractivity contribution in [3.05, 3.63) is 22.4 Å². The number of rotatable bonds is 5. The van der Waals surface area contributed by atoms with Gasteiger partial charge < -0.3 is 4.74 Å². The first kappa shape index (κ1) is 14.5. The van der Waals surface area contributed by atoms with Crippen LogP contribution in [0.2, 0.25) is 0 Å². The zero-order valence-corrected chi connectivity index (χ0v) is 13.5. The molecule has 0 unspecified atom stereocenters. The Balaban J connectivity index is 1.53. The van der Waals surface area contributed by atoms with Crippen molar-refractivity contribution in [1.29, 1.82) is 0 Å². The number of ether oxygens (including phenoxy) is 1. The van der Waals surface area contributed by atoms with Gasteiger partial charge in [0.15, 0.2) is 0 Å². The molecule has 3 heterocycles. The lowest BCUT2D eigenvalue weighted by Crippen LogP contribution is -2.71. The predicted molar refractivity (Wildman–Crippen MR) is 84.2 cm³/mol. The van der Waals surface area contributed by atoms with Crippen molar-refractivity contribution in [2.24, 2.45) is 5.92 Å². The van der Waals surface area contributed by atoms with Crippen molar-refractivity contribution in [2.75, 3.05) is 39.9 Å². The van der Waals surface area contributed by atoms with Gasteiger partial charge in [-0.15, -0.1) is 0 Å². The molecule has 0 aromatic carbocycles. The maximum Gasteiger partial charge on any atom is 0.0495 e. The van der Waals surface area contributed by atoms with Gasteiger partial charge in [0.05, 0.1) is 0 Å². The molecule has 1 atom stereocenters. The fourth-order valence-corrected chi connectivity index (χ4v) is 4.40. The summed E-state index contributed by atoms with van der Waals surface area (Å²) in [6.45, 7) is 8.69. The lowest BCUT2D eigenvalue weighted by Gasteiger charge is -2.58. The van der Waals surface area contributed by atoms with E-state index in [9.17, 15) is 0 Å². The fraction of sp³-hybridized carbons (Fsp3) is 0.750. The average Bonchev–Trinajstić information content (AvgIpc) is 2.90. The molecule has 0 bridgehead atoms. The smallest absolute Gasteiger partial charge is 0.0495 e. The minimum absolute atomic E-state index is 0.427. The van der Waals surface area contributed by atoms with Crippen LogP contribution in [0, 0.1) is 5.92 Å². The SMILES string of the molecule is CCOC[C@H]1CCN(C)C2(C1)CN(Cc1ccsc1)C2. The molecule has 0 saturated carbocycles. The Morgan fingerprint density at radius 1 is 1.45 bits per heavy atom. The van der Waals surface area contributed by atoms with Crippen molar-refractivity contribution in [3.63, 3.8) is 0 Å². The van der Waals surface area contributed by atoms with Crippen LogP contribution >= 0.6 is 11.3 Å². The van der Waals surface area contributed by atoms with E-state index in [2.05, 4.69) is 40.6 Å². The second kappa shape index (κ2) is 6.14. The fourth-order valence-electron chi connectivity index (χ4n) is 3.74. The zero-order valence-electron chi connectivity index (χ0n) is 12.7. The minimum Gasteiger partial charge on any atom is -0.381 e. The quantitative estimate of drug-likeness (QED) is 0.830. The molecule has 4 heteroatoms. The molecule has 1 aromatic rings. The summed E-state index contributed by atoms with van der Waals surface area (Å²) in [7, 11) is 2.30. The standard InChI is InChI=1S/C16H26N2OS/c1-3-19-10-14-4-6-17(2)16(8-14)12-18(13-16)9-15-5-7-20-11-15/h5,7,11,14H,3-4,6,8-10,12-13H2,1-2H3/t14-/m0/s1. The molecule has 1 aromatic heterocycles. The molecule has 2 fully saturated rings. The normalized spacial score (nSPS) is 26.8. The molecule has 1 spiro atoms. The number of thiophene rings is 1.